The minimum atomic E-state index is -0.183. The zero-order valence-electron chi connectivity index (χ0n) is 11.7. The van der Waals surface area contributed by atoms with E-state index in [0.717, 1.165) is 16.9 Å². The maximum absolute atomic E-state index is 12.4. The molecule has 0 fully saturated rings. The zero-order valence-corrected chi connectivity index (χ0v) is 12.5. The molecule has 0 N–H and O–H groups in total. The van der Waals surface area contributed by atoms with Gasteiger partial charge in [0.05, 0.1) is 0 Å². The summed E-state index contributed by atoms with van der Waals surface area (Å²) < 4.78 is 5.79. The Balaban J connectivity index is 2.03. The lowest BCUT2D eigenvalue weighted by Crippen LogP contribution is -2.24. The van der Waals surface area contributed by atoms with Crippen molar-refractivity contribution in [1.29, 1.82) is 0 Å². The quantitative estimate of drug-likeness (QED) is 0.751. The monoisotopic (exact) mass is 286 g/mol. The van der Waals surface area contributed by atoms with Gasteiger partial charge in [0.15, 0.2) is 5.78 Å². The van der Waals surface area contributed by atoms with Gasteiger partial charge in [-0.05, 0) is 24.8 Å². The summed E-state index contributed by atoms with van der Waals surface area (Å²) in [6, 6.07) is 17.2. The molecule has 3 heteroatoms. The van der Waals surface area contributed by atoms with Gasteiger partial charge in [-0.15, -0.1) is 0 Å². The molecule has 2 rings (SSSR count). The van der Waals surface area contributed by atoms with Crippen LogP contribution in [-0.4, -0.2) is 23.9 Å². The minimum absolute atomic E-state index is 0.117. The van der Waals surface area contributed by atoms with Gasteiger partial charge in [-0.3, -0.25) is 4.79 Å². The fourth-order valence-corrected chi connectivity index (χ4v) is 2.48. The highest BCUT2D eigenvalue weighted by Crippen LogP contribution is 2.20. The van der Waals surface area contributed by atoms with Crippen molar-refractivity contribution in [1.82, 2.24) is 0 Å². The second-order valence-electron chi connectivity index (χ2n) is 4.53. The van der Waals surface area contributed by atoms with Crippen molar-refractivity contribution in [3.63, 3.8) is 0 Å². The first-order valence-corrected chi connectivity index (χ1v) is 7.81. The summed E-state index contributed by atoms with van der Waals surface area (Å²) in [5.41, 5.74) is 1.82. The first-order valence-electron chi connectivity index (χ1n) is 6.53. The molecule has 0 saturated heterocycles. The number of benzene rings is 2. The highest BCUT2D eigenvalue weighted by Gasteiger charge is 2.19. The van der Waals surface area contributed by atoms with Crippen LogP contribution in [0.25, 0.3) is 0 Å². The Bertz CT molecular complexity index is 566. The zero-order chi connectivity index (χ0) is 14.4. The number of ketones is 1. The lowest BCUT2D eigenvalue weighted by molar-refractivity contribution is 0.0970. The maximum atomic E-state index is 12.4. The number of Topliss-reactive ketones (excluding diaryl/α,β-unsaturated/α-hetero) is 1. The average Bonchev–Trinajstić information content (AvgIpc) is 2.50. The van der Waals surface area contributed by atoms with E-state index in [1.807, 2.05) is 67.8 Å². The van der Waals surface area contributed by atoms with Crippen LogP contribution in [0.3, 0.4) is 0 Å². The molecule has 0 aliphatic carbocycles. The van der Waals surface area contributed by atoms with Crippen LogP contribution in [0.5, 0.6) is 5.75 Å². The molecule has 0 saturated carbocycles. The number of aryl methyl sites for hydroxylation is 1. The third-order valence-electron chi connectivity index (χ3n) is 3.12. The van der Waals surface area contributed by atoms with Crippen LogP contribution in [0, 0.1) is 6.92 Å². The molecule has 20 heavy (non-hydrogen) atoms. The van der Waals surface area contributed by atoms with E-state index in [2.05, 4.69) is 0 Å². The molecule has 104 valence electrons. The van der Waals surface area contributed by atoms with Crippen molar-refractivity contribution >= 4 is 17.5 Å². The van der Waals surface area contributed by atoms with Crippen molar-refractivity contribution in [2.45, 2.75) is 12.2 Å². The lowest BCUT2D eigenvalue weighted by atomic mass is 10.1. The van der Waals surface area contributed by atoms with Crippen LogP contribution in [0.1, 0.15) is 15.9 Å². The van der Waals surface area contributed by atoms with E-state index < -0.39 is 0 Å². The minimum Gasteiger partial charge on any atom is -0.492 e. The van der Waals surface area contributed by atoms with Crippen LogP contribution in [0.15, 0.2) is 54.6 Å². The van der Waals surface area contributed by atoms with Crippen molar-refractivity contribution in [3.05, 3.63) is 65.7 Å². The summed E-state index contributed by atoms with van der Waals surface area (Å²) in [5, 5.41) is -0.183. The molecule has 0 radical (unpaired) electrons. The molecule has 0 amide bonds. The van der Waals surface area contributed by atoms with Gasteiger partial charge in [0.25, 0.3) is 0 Å². The summed E-state index contributed by atoms with van der Waals surface area (Å²) in [5.74, 6) is 0.957. The number of para-hydroxylation sites is 1. The highest BCUT2D eigenvalue weighted by atomic mass is 32.2. The molecule has 0 bridgehead atoms. The molecule has 2 nitrogen and oxygen atoms in total. The van der Waals surface area contributed by atoms with Crippen LogP contribution < -0.4 is 4.74 Å². The number of carbonyl (C=O) groups is 1. The van der Waals surface area contributed by atoms with Gasteiger partial charge in [0, 0.05) is 5.56 Å². The SMILES string of the molecule is CSC(COc1ccccc1C)C(=O)c1ccccc1. The summed E-state index contributed by atoms with van der Waals surface area (Å²) in [6.45, 7) is 2.39. The van der Waals surface area contributed by atoms with Crippen molar-refractivity contribution in [3.8, 4) is 5.75 Å². The topological polar surface area (TPSA) is 26.3 Å². The number of carbonyl (C=O) groups excluding carboxylic acids is 1. The Morgan fingerprint density at radius 2 is 1.75 bits per heavy atom. The van der Waals surface area contributed by atoms with E-state index in [9.17, 15) is 4.79 Å². The Labute approximate surface area is 124 Å². The van der Waals surface area contributed by atoms with E-state index in [1.165, 1.54) is 11.8 Å². The number of thioether (sulfide) groups is 1. The normalized spacial score (nSPS) is 11.9. The second-order valence-corrected chi connectivity index (χ2v) is 5.57. The van der Waals surface area contributed by atoms with Gasteiger partial charge in [-0.1, -0.05) is 48.5 Å². The lowest BCUT2D eigenvalue weighted by Gasteiger charge is -2.15. The van der Waals surface area contributed by atoms with Crippen LogP contribution >= 0.6 is 11.8 Å². The molecule has 0 heterocycles. The van der Waals surface area contributed by atoms with Gasteiger partial charge in [0.2, 0.25) is 0 Å². The highest BCUT2D eigenvalue weighted by molar-refractivity contribution is 8.00. The average molecular weight is 286 g/mol. The van der Waals surface area contributed by atoms with E-state index in [4.69, 9.17) is 4.74 Å². The molecule has 0 spiro atoms. The largest absolute Gasteiger partial charge is 0.492 e. The summed E-state index contributed by atoms with van der Waals surface area (Å²) in [7, 11) is 0. The molecule has 0 aliphatic rings. The summed E-state index contributed by atoms with van der Waals surface area (Å²) in [4.78, 5) is 12.4. The number of ether oxygens (including phenoxy) is 1. The molecule has 2 aromatic carbocycles. The fourth-order valence-electron chi connectivity index (χ4n) is 1.92. The van der Waals surface area contributed by atoms with Gasteiger partial charge in [0.1, 0.15) is 17.6 Å². The van der Waals surface area contributed by atoms with Gasteiger partial charge in [-0.2, -0.15) is 11.8 Å². The summed E-state index contributed by atoms with van der Waals surface area (Å²) >= 11 is 1.52. The Kier molecular flexibility index (Phi) is 5.24. The van der Waals surface area contributed by atoms with E-state index >= 15 is 0 Å². The van der Waals surface area contributed by atoms with Crippen LogP contribution in [0.4, 0.5) is 0 Å². The molecule has 1 unspecified atom stereocenters. The van der Waals surface area contributed by atoms with Gasteiger partial charge in [-0.25, -0.2) is 0 Å². The third-order valence-corrected chi connectivity index (χ3v) is 4.04. The third kappa shape index (κ3) is 3.64. The Hall–Kier alpha value is -1.74. The van der Waals surface area contributed by atoms with Crippen molar-refractivity contribution in [2.24, 2.45) is 0 Å². The van der Waals surface area contributed by atoms with Gasteiger partial charge >= 0.3 is 0 Å². The number of rotatable bonds is 6. The standard InChI is InChI=1S/C17H18O2S/c1-13-8-6-7-11-15(13)19-12-16(20-2)17(18)14-9-4-3-5-10-14/h3-11,16H,12H2,1-2H3. The first kappa shape index (κ1) is 14.7. The Morgan fingerprint density at radius 1 is 1.10 bits per heavy atom. The maximum Gasteiger partial charge on any atom is 0.179 e. The molecule has 0 aromatic heterocycles. The Morgan fingerprint density at radius 3 is 2.40 bits per heavy atom. The number of hydrogen-bond acceptors (Lipinski definition) is 3. The smallest absolute Gasteiger partial charge is 0.179 e. The molecular formula is C17H18O2S. The predicted octanol–water partition coefficient (Wildman–Crippen LogP) is 3.99. The van der Waals surface area contributed by atoms with E-state index in [1.54, 1.807) is 0 Å². The second kappa shape index (κ2) is 7.15. The molecule has 0 aliphatic heterocycles. The number of hydrogen-bond donors (Lipinski definition) is 0. The predicted molar refractivity (Wildman–Crippen MR) is 84.7 cm³/mol. The van der Waals surface area contributed by atoms with Crippen LogP contribution in [0.2, 0.25) is 0 Å². The van der Waals surface area contributed by atoms with E-state index in [-0.39, 0.29) is 11.0 Å². The molecule has 1 atom stereocenters. The first-order chi connectivity index (χ1) is 9.72. The molecule has 2 aromatic rings. The van der Waals surface area contributed by atoms with Gasteiger partial charge < -0.3 is 4.74 Å². The molecular weight excluding hydrogens is 268 g/mol. The summed E-state index contributed by atoms with van der Waals surface area (Å²) in [6.07, 6.45) is 1.94. The van der Waals surface area contributed by atoms with Crippen molar-refractivity contribution < 1.29 is 9.53 Å². The van der Waals surface area contributed by atoms with E-state index in [0.29, 0.717) is 6.61 Å². The fraction of sp³-hybridized carbons (Fsp3) is 0.235. The van der Waals surface area contributed by atoms with Crippen LogP contribution in [-0.2, 0) is 0 Å². The van der Waals surface area contributed by atoms with Crippen molar-refractivity contribution in [2.75, 3.05) is 12.9 Å².